The van der Waals surface area contributed by atoms with Gasteiger partial charge in [-0.2, -0.15) is 0 Å². The van der Waals surface area contributed by atoms with Gasteiger partial charge in [-0.25, -0.2) is 9.97 Å². The van der Waals surface area contributed by atoms with Crippen molar-refractivity contribution in [3.05, 3.63) is 112 Å². The van der Waals surface area contributed by atoms with E-state index in [0.717, 1.165) is 45.6 Å². The number of rotatable bonds is 5. The number of benzene rings is 3. The molecule has 5 aromatic rings. The number of pyridine rings is 1. The summed E-state index contributed by atoms with van der Waals surface area (Å²) in [7, 11) is 0. The standard InChI is InChI=1S/C17H14ClNO.C11H11N5OS/c1-2-13-11-12-7-6-10-15(18)16(12)17(20)19(13)14-8-4-3-5-9-14;12-10-9(11(13)17)16-8(5-15-10)6-2-1-3-7(4-6)18-14/h3-11H,2H2,1H3;1-5H,14H2,(H2,12,15)(H2,13,17). The van der Waals surface area contributed by atoms with Gasteiger partial charge in [-0.1, -0.05) is 61.0 Å². The average Bonchev–Trinajstić information content (AvgIpc) is 2.93. The van der Waals surface area contributed by atoms with Crippen LogP contribution in [0.1, 0.15) is 23.1 Å². The van der Waals surface area contributed by atoms with Crippen molar-refractivity contribution in [2.75, 3.05) is 5.73 Å². The Labute approximate surface area is 228 Å². The maximum Gasteiger partial charge on any atom is 0.271 e. The summed E-state index contributed by atoms with van der Waals surface area (Å²) in [5, 5.41) is 7.46. The van der Waals surface area contributed by atoms with Gasteiger partial charge >= 0.3 is 0 Å². The Balaban J connectivity index is 0.000000178. The molecule has 10 heteroatoms. The van der Waals surface area contributed by atoms with Crippen LogP contribution in [0.5, 0.6) is 0 Å². The molecule has 0 saturated heterocycles. The van der Waals surface area contributed by atoms with Gasteiger partial charge in [0, 0.05) is 21.8 Å². The number of nitrogens with zero attached hydrogens (tertiary/aromatic N) is 3. The van der Waals surface area contributed by atoms with Crippen molar-refractivity contribution in [1.29, 1.82) is 0 Å². The van der Waals surface area contributed by atoms with Crippen LogP contribution in [0, 0.1) is 0 Å². The van der Waals surface area contributed by atoms with Crippen molar-refractivity contribution in [1.82, 2.24) is 14.5 Å². The van der Waals surface area contributed by atoms with Crippen LogP contribution in [0.2, 0.25) is 5.02 Å². The number of halogens is 1. The van der Waals surface area contributed by atoms with Gasteiger partial charge in [0.1, 0.15) is 0 Å². The van der Waals surface area contributed by atoms with E-state index in [2.05, 4.69) is 9.97 Å². The number of aromatic nitrogens is 3. The van der Waals surface area contributed by atoms with Crippen molar-refractivity contribution < 1.29 is 4.79 Å². The van der Waals surface area contributed by atoms with E-state index < -0.39 is 5.91 Å². The van der Waals surface area contributed by atoms with E-state index >= 15 is 0 Å². The lowest BCUT2D eigenvalue weighted by Crippen LogP contribution is -2.22. The van der Waals surface area contributed by atoms with Crippen LogP contribution < -0.4 is 22.2 Å². The summed E-state index contributed by atoms with van der Waals surface area (Å²) in [6.45, 7) is 2.05. The highest BCUT2D eigenvalue weighted by atomic mass is 35.5. The van der Waals surface area contributed by atoms with Crippen LogP contribution in [0.25, 0.3) is 27.7 Å². The minimum absolute atomic E-state index is 0.0237. The Hall–Kier alpha value is -4.18. The molecule has 2 aromatic heterocycles. The molecule has 0 unspecified atom stereocenters. The predicted molar refractivity (Wildman–Crippen MR) is 154 cm³/mol. The quantitative estimate of drug-likeness (QED) is 0.264. The zero-order valence-corrected chi connectivity index (χ0v) is 22.0. The molecule has 5 rings (SSSR count). The highest BCUT2D eigenvalue weighted by molar-refractivity contribution is 7.97. The van der Waals surface area contributed by atoms with E-state index in [1.54, 1.807) is 10.6 Å². The maximum absolute atomic E-state index is 12.8. The second kappa shape index (κ2) is 11.9. The van der Waals surface area contributed by atoms with Crippen molar-refractivity contribution in [2.24, 2.45) is 10.9 Å². The lowest BCUT2D eigenvalue weighted by Gasteiger charge is -2.14. The first-order valence-electron chi connectivity index (χ1n) is 11.6. The summed E-state index contributed by atoms with van der Waals surface area (Å²) in [4.78, 5) is 32.8. The van der Waals surface area contributed by atoms with Gasteiger partial charge in [-0.15, -0.1) is 0 Å². The average molecular weight is 545 g/mol. The molecule has 0 saturated carbocycles. The van der Waals surface area contributed by atoms with Crippen molar-refractivity contribution in [3.63, 3.8) is 0 Å². The Morgan fingerprint density at radius 3 is 2.45 bits per heavy atom. The van der Waals surface area contributed by atoms with Gasteiger partial charge in [0.25, 0.3) is 11.5 Å². The van der Waals surface area contributed by atoms with E-state index in [0.29, 0.717) is 16.1 Å². The summed E-state index contributed by atoms with van der Waals surface area (Å²) in [6, 6.07) is 24.6. The third-order valence-corrected chi connectivity index (χ3v) is 6.59. The fourth-order valence-corrected chi connectivity index (χ4v) is 4.56. The van der Waals surface area contributed by atoms with Crippen LogP contribution in [-0.2, 0) is 6.42 Å². The molecule has 3 aromatic carbocycles. The van der Waals surface area contributed by atoms with E-state index in [9.17, 15) is 9.59 Å². The predicted octanol–water partition coefficient (Wildman–Crippen LogP) is 5.00. The van der Waals surface area contributed by atoms with Crippen molar-refractivity contribution in [3.8, 4) is 16.9 Å². The fraction of sp³-hybridized carbons (Fsp3) is 0.0714. The van der Waals surface area contributed by atoms with Gasteiger partial charge < -0.3 is 11.5 Å². The van der Waals surface area contributed by atoms with E-state index in [1.165, 1.54) is 6.20 Å². The number of carbonyl (C=O) groups is 1. The molecule has 0 fully saturated rings. The molecule has 0 radical (unpaired) electrons. The molecular formula is C28H25ClN6O2S. The minimum atomic E-state index is -0.703. The number of nitrogens with two attached hydrogens (primary N) is 3. The molecule has 38 heavy (non-hydrogen) atoms. The molecular weight excluding hydrogens is 520 g/mol. The number of anilines is 1. The highest BCUT2D eigenvalue weighted by Gasteiger charge is 2.13. The number of hydrogen-bond donors (Lipinski definition) is 3. The topological polar surface area (TPSA) is 143 Å². The molecule has 2 heterocycles. The number of aryl methyl sites for hydroxylation is 1. The van der Waals surface area contributed by atoms with Crippen LogP contribution >= 0.6 is 23.5 Å². The summed E-state index contributed by atoms with van der Waals surface area (Å²) >= 11 is 7.33. The third kappa shape index (κ3) is 5.70. The summed E-state index contributed by atoms with van der Waals surface area (Å²) in [5.41, 5.74) is 13.8. The highest BCUT2D eigenvalue weighted by Crippen LogP contribution is 2.24. The first kappa shape index (κ1) is 26.9. The Bertz CT molecular complexity index is 1670. The van der Waals surface area contributed by atoms with Crippen LogP contribution in [-0.4, -0.2) is 20.4 Å². The Morgan fingerprint density at radius 2 is 1.76 bits per heavy atom. The second-order valence-corrected chi connectivity index (χ2v) is 9.28. The summed E-state index contributed by atoms with van der Waals surface area (Å²) in [6.07, 6.45) is 2.27. The largest absolute Gasteiger partial charge is 0.382 e. The van der Waals surface area contributed by atoms with Gasteiger partial charge in [0.2, 0.25) is 0 Å². The SMILES string of the molecule is CCc1cc2cccc(Cl)c2c(=O)n1-c1ccccc1.NSc1cccc(-c2cnc(N)c(C(N)=O)n2)c1. The van der Waals surface area contributed by atoms with Crippen LogP contribution in [0.15, 0.2) is 94.7 Å². The molecule has 6 N–H and O–H groups in total. The summed E-state index contributed by atoms with van der Waals surface area (Å²) in [5.74, 6) is -0.679. The van der Waals surface area contributed by atoms with Gasteiger partial charge in [-0.3, -0.25) is 19.3 Å². The minimum Gasteiger partial charge on any atom is -0.382 e. The third-order valence-electron chi connectivity index (χ3n) is 5.75. The second-order valence-electron chi connectivity index (χ2n) is 8.17. The molecule has 0 atom stereocenters. The number of carbonyl (C=O) groups excluding carboxylic acids is 1. The smallest absolute Gasteiger partial charge is 0.271 e. The zero-order chi connectivity index (χ0) is 27.2. The first-order chi connectivity index (χ1) is 18.3. The molecule has 1 amide bonds. The van der Waals surface area contributed by atoms with E-state index in [-0.39, 0.29) is 17.1 Å². The first-order valence-corrected chi connectivity index (χ1v) is 12.9. The number of fused-ring (bicyclic) bond motifs is 1. The van der Waals surface area contributed by atoms with Crippen molar-refractivity contribution >= 4 is 46.0 Å². The van der Waals surface area contributed by atoms with Crippen LogP contribution in [0.3, 0.4) is 0 Å². The van der Waals surface area contributed by atoms with E-state index in [1.807, 2.05) is 79.7 Å². The summed E-state index contributed by atoms with van der Waals surface area (Å²) < 4.78 is 1.74. The molecule has 0 aliphatic heterocycles. The molecule has 192 valence electrons. The fourth-order valence-electron chi connectivity index (χ4n) is 3.94. The molecule has 0 aliphatic rings. The Morgan fingerprint density at radius 1 is 1.03 bits per heavy atom. The lowest BCUT2D eigenvalue weighted by molar-refractivity contribution is 0.0996. The number of primary amides is 1. The molecule has 8 nitrogen and oxygen atoms in total. The number of para-hydroxylation sites is 1. The number of hydrogen-bond acceptors (Lipinski definition) is 7. The van der Waals surface area contributed by atoms with Crippen molar-refractivity contribution in [2.45, 2.75) is 18.2 Å². The van der Waals surface area contributed by atoms with Gasteiger partial charge in [-0.05, 0) is 60.2 Å². The van der Waals surface area contributed by atoms with E-state index in [4.69, 9.17) is 28.2 Å². The van der Waals surface area contributed by atoms with Crippen LogP contribution in [0.4, 0.5) is 5.82 Å². The Kier molecular flexibility index (Phi) is 8.42. The normalized spacial score (nSPS) is 10.6. The molecule has 0 spiro atoms. The number of nitrogen functional groups attached to an aromatic ring is 1. The lowest BCUT2D eigenvalue weighted by atomic mass is 10.1. The van der Waals surface area contributed by atoms with Gasteiger partial charge in [0.15, 0.2) is 11.5 Å². The maximum atomic E-state index is 12.8. The molecule has 0 aliphatic carbocycles. The number of amides is 1. The molecule has 0 bridgehead atoms. The van der Waals surface area contributed by atoms with Gasteiger partial charge in [0.05, 0.1) is 22.3 Å². The zero-order valence-electron chi connectivity index (χ0n) is 20.5. The monoisotopic (exact) mass is 544 g/mol.